The van der Waals surface area contributed by atoms with Gasteiger partial charge in [-0.15, -0.1) is 0 Å². The molecule has 1 aliphatic heterocycles. The minimum Gasteiger partial charge on any atom is -0.495 e. The number of para-hydroxylation sites is 2. The van der Waals surface area contributed by atoms with Crippen molar-refractivity contribution >= 4 is 63.0 Å². The van der Waals surface area contributed by atoms with Gasteiger partial charge in [0.05, 0.1) is 23.5 Å². The third-order valence-electron chi connectivity index (χ3n) is 3.80. The van der Waals surface area contributed by atoms with Gasteiger partial charge in [-0.05, 0) is 30.3 Å². The van der Waals surface area contributed by atoms with E-state index < -0.39 is 23.8 Å². The lowest BCUT2D eigenvalue weighted by Crippen LogP contribution is -2.58. The average molecular weight is 451 g/mol. The van der Waals surface area contributed by atoms with E-state index in [9.17, 15) is 14.4 Å². The minimum atomic E-state index is -1.28. The lowest BCUT2D eigenvalue weighted by Gasteiger charge is -2.29. The second-order valence-corrected chi connectivity index (χ2v) is 6.81. The van der Waals surface area contributed by atoms with Crippen LogP contribution in [-0.2, 0) is 9.59 Å². The maximum Gasteiger partial charge on any atom is 0.335 e. The summed E-state index contributed by atoms with van der Waals surface area (Å²) in [4.78, 5) is 42.2. The van der Waals surface area contributed by atoms with Crippen molar-refractivity contribution in [1.82, 2.24) is 5.32 Å². The number of carbonyl (C=O) groups excluding carboxylic acids is 3. The van der Waals surface area contributed by atoms with E-state index in [0.29, 0.717) is 16.5 Å². The number of imide groups is 2. The standard InChI is InChI=1S/C18H13BrClN3O4/c1-27-15-5-3-2-4-14(15)23-17(25)11(16(24)22-18(23)26)9-21-13-7-6-10(19)8-12(13)20/h2-9,11H,1H3,(H,22,24,26)/t11-/m1/s1. The molecule has 1 fully saturated rings. The highest BCUT2D eigenvalue weighted by atomic mass is 79.9. The number of amides is 4. The number of methoxy groups -OCH3 is 1. The van der Waals surface area contributed by atoms with Gasteiger partial charge >= 0.3 is 6.03 Å². The Morgan fingerprint density at radius 3 is 2.67 bits per heavy atom. The number of urea groups is 1. The third kappa shape index (κ3) is 3.86. The molecule has 0 bridgehead atoms. The molecule has 1 atom stereocenters. The molecule has 0 radical (unpaired) electrons. The highest BCUT2D eigenvalue weighted by Crippen LogP contribution is 2.31. The first-order valence-electron chi connectivity index (χ1n) is 7.73. The normalized spacial score (nSPS) is 17.4. The van der Waals surface area contributed by atoms with Gasteiger partial charge in [-0.2, -0.15) is 0 Å². The van der Waals surface area contributed by atoms with Gasteiger partial charge in [-0.25, -0.2) is 9.69 Å². The van der Waals surface area contributed by atoms with Crippen LogP contribution in [-0.4, -0.2) is 31.2 Å². The van der Waals surface area contributed by atoms with Crippen molar-refractivity contribution in [3.8, 4) is 5.75 Å². The Morgan fingerprint density at radius 1 is 1.22 bits per heavy atom. The van der Waals surface area contributed by atoms with Crippen molar-refractivity contribution < 1.29 is 19.1 Å². The first kappa shape index (κ1) is 19.1. The Labute approximate surface area is 168 Å². The molecular weight excluding hydrogens is 438 g/mol. The second-order valence-electron chi connectivity index (χ2n) is 5.49. The van der Waals surface area contributed by atoms with Crippen LogP contribution in [0, 0.1) is 5.92 Å². The van der Waals surface area contributed by atoms with E-state index in [1.807, 2.05) is 0 Å². The van der Waals surface area contributed by atoms with Gasteiger partial charge < -0.3 is 4.74 Å². The fourth-order valence-corrected chi connectivity index (χ4v) is 3.23. The Morgan fingerprint density at radius 2 is 1.96 bits per heavy atom. The molecule has 7 nitrogen and oxygen atoms in total. The average Bonchev–Trinajstić information content (AvgIpc) is 2.63. The van der Waals surface area contributed by atoms with Crippen molar-refractivity contribution in [3.05, 3.63) is 52.0 Å². The highest BCUT2D eigenvalue weighted by Gasteiger charge is 2.41. The number of halogens is 2. The summed E-state index contributed by atoms with van der Waals surface area (Å²) >= 11 is 9.38. The van der Waals surface area contributed by atoms with Crippen molar-refractivity contribution in [1.29, 1.82) is 0 Å². The Kier molecular flexibility index (Phi) is 5.57. The SMILES string of the molecule is COc1ccccc1N1C(=O)NC(=O)[C@@H](C=Nc2ccc(Br)cc2Cl)C1=O. The number of hydrogen-bond acceptors (Lipinski definition) is 5. The molecule has 0 unspecified atom stereocenters. The number of nitrogens with one attached hydrogen (secondary N) is 1. The van der Waals surface area contributed by atoms with Crippen LogP contribution in [0.3, 0.4) is 0 Å². The van der Waals surface area contributed by atoms with Gasteiger partial charge in [-0.1, -0.05) is 39.7 Å². The Balaban J connectivity index is 1.94. The molecule has 27 heavy (non-hydrogen) atoms. The lowest BCUT2D eigenvalue weighted by atomic mass is 10.1. The number of benzene rings is 2. The van der Waals surface area contributed by atoms with Crippen molar-refractivity contribution in [3.63, 3.8) is 0 Å². The molecule has 2 aromatic rings. The van der Waals surface area contributed by atoms with Gasteiger partial charge in [0.1, 0.15) is 5.75 Å². The first-order valence-corrected chi connectivity index (χ1v) is 8.90. The van der Waals surface area contributed by atoms with E-state index in [1.165, 1.54) is 13.3 Å². The van der Waals surface area contributed by atoms with Crippen molar-refractivity contribution in [2.45, 2.75) is 0 Å². The van der Waals surface area contributed by atoms with E-state index in [1.54, 1.807) is 42.5 Å². The van der Waals surface area contributed by atoms with E-state index in [-0.39, 0.29) is 5.69 Å². The topological polar surface area (TPSA) is 88.1 Å². The minimum absolute atomic E-state index is 0.232. The van der Waals surface area contributed by atoms with E-state index in [0.717, 1.165) is 9.37 Å². The molecule has 138 valence electrons. The summed E-state index contributed by atoms with van der Waals surface area (Å²) in [7, 11) is 1.42. The first-order chi connectivity index (χ1) is 12.9. The largest absolute Gasteiger partial charge is 0.495 e. The molecular formula is C18H13BrClN3O4. The third-order valence-corrected chi connectivity index (χ3v) is 4.60. The molecule has 3 rings (SSSR count). The zero-order chi connectivity index (χ0) is 19.6. The summed E-state index contributed by atoms with van der Waals surface area (Å²) in [6.45, 7) is 0. The van der Waals surface area contributed by atoms with Crippen molar-refractivity contribution in [2.24, 2.45) is 10.9 Å². The van der Waals surface area contributed by atoms with Gasteiger partial charge in [0.25, 0.3) is 5.91 Å². The van der Waals surface area contributed by atoms with Crippen LogP contribution >= 0.6 is 27.5 Å². The maximum absolute atomic E-state index is 12.8. The van der Waals surface area contributed by atoms with Crippen LogP contribution in [0.5, 0.6) is 5.75 Å². The zero-order valence-electron chi connectivity index (χ0n) is 14.0. The molecule has 1 heterocycles. The number of ether oxygens (including phenoxy) is 1. The van der Waals surface area contributed by atoms with E-state index >= 15 is 0 Å². The number of aliphatic imine (C=N–C) groups is 1. The van der Waals surface area contributed by atoms with Crippen LogP contribution in [0.2, 0.25) is 5.02 Å². The molecule has 0 spiro atoms. The van der Waals surface area contributed by atoms with Crippen LogP contribution in [0.25, 0.3) is 0 Å². The predicted octanol–water partition coefficient (Wildman–Crippen LogP) is 3.71. The summed E-state index contributed by atoms with van der Waals surface area (Å²) in [5.74, 6) is -2.45. The molecule has 1 N–H and O–H groups in total. The molecule has 1 saturated heterocycles. The number of anilines is 1. The van der Waals surface area contributed by atoms with Crippen molar-refractivity contribution in [2.75, 3.05) is 12.0 Å². The number of hydrogen-bond donors (Lipinski definition) is 1. The molecule has 1 aliphatic rings. The van der Waals surface area contributed by atoms with E-state index in [4.69, 9.17) is 16.3 Å². The molecule has 0 aromatic heterocycles. The maximum atomic E-state index is 12.8. The fourth-order valence-electron chi connectivity index (χ4n) is 2.51. The molecule has 0 aliphatic carbocycles. The molecule has 9 heteroatoms. The Hall–Kier alpha value is -2.71. The Bertz CT molecular complexity index is 963. The zero-order valence-corrected chi connectivity index (χ0v) is 16.3. The van der Waals surface area contributed by atoms with Gasteiger partial charge in [0.2, 0.25) is 5.91 Å². The summed E-state index contributed by atoms with van der Waals surface area (Å²) in [5.41, 5.74) is 0.622. The van der Waals surface area contributed by atoms with Crippen LogP contribution in [0.15, 0.2) is 51.9 Å². The quantitative estimate of drug-likeness (QED) is 0.568. The number of nitrogens with zero attached hydrogens (tertiary/aromatic N) is 2. The van der Waals surface area contributed by atoms with Crippen LogP contribution in [0.4, 0.5) is 16.2 Å². The number of carbonyl (C=O) groups is 3. The van der Waals surface area contributed by atoms with E-state index in [2.05, 4.69) is 26.2 Å². The van der Waals surface area contributed by atoms with Gasteiger partial charge in [0.15, 0.2) is 5.92 Å². The summed E-state index contributed by atoms with van der Waals surface area (Å²) in [6, 6.07) is 10.7. The van der Waals surface area contributed by atoms with Gasteiger partial charge in [0, 0.05) is 10.7 Å². The molecule has 4 amide bonds. The second kappa shape index (κ2) is 7.89. The molecule has 0 saturated carbocycles. The lowest BCUT2D eigenvalue weighted by molar-refractivity contribution is -0.131. The highest BCUT2D eigenvalue weighted by molar-refractivity contribution is 9.10. The smallest absolute Gasteiger partial charge is 0.335 e. The van der Waals surface area contributed by atoms with Gasteiger partial charge in [-0.3, -0.25) is 19.9 Å². The summed E-state index contributed by atoms with van der Waals surface area (Å²) in [5, 5.41) is 2.51. The molecule has 2 aromatic carbocycles. The number of rotatable bonds is 4. The fraction of sp³-hybridized carbons (Fsp3) is 0.111. The summed E-state index contributed by atoms with van der Waals surface area (Å²) < 4.78 is 5.97. The van der Waals surface area contributed by atoms with Crippen LogP contribution in [0.1, 0.15) is 0 Å². The number of barbiturate groups is 1. The summed E-state index contributed by atoms with van der Waals surface area (Å²) in [6.07, 6.45) is 1.17. The predicted molar refractivity (Wildman–Crippen MR) is 105 cm³/mol. The monoisotopic (exact) mass is 449 g/mol. The van der Waals surface area contributed by atoms with Crippen LogP contribution < -0.4 is 15.0 Å².